The zero-order chi connectivity index (χ0) is 11.1. The van der Waals surface area contributed by atoms with Gasteiger partial charge in [0.15, 0.2) is 0 Å². The first kappa shape index (κ1) is 13.0. The largest absolute Gasteiger partial charge is 0.377 e. The second-order valence-electron chi connectivity index (χ2n) is 5.15. The summed E-state index contributed by atoms with van der Waals surface area (Å²) in [6.45, 7) is 8.71. The summed E-state index contributed by atoms with van der Waals surface area (Å²) in [4.78, 5) is 0. The minimum absolute atomic E-state index is 0.439. The fraction of sp³-hybridized carbons (Fsp3) is 1.00. The van der Waals surface area contributed by atoms with E-state index in [0.29, 0.717) is 6.10 Å². The van der Waals surface area contributed by atoms with Gasteiger partial charge in [0, 0.05) is 19.2 Å². The molecule has 0 heterocycles. The molecule has 1 N–H and O–H groups in total. The van der Waals surface area contributed by atoms with Crippen LogP contribution in [0.3, 0.4) is 0 Å². The Balaban J connectivity index is 2.05. The molecule has 0 aromatic heterocycles. The van der Waals surface area contributed by atoms with Gasteiger partial charge in [0.25, 0.3) is 0 Å². The molecule has 1 saturated carbocycles. The van der Waals surface area contributed by atoms with Crippen LogP contribution in [-0.2, 0) is 4.74 Å². The Morgan fingerprint density at radius 2 is 2.00 bits per heavy atom. The van der Waals surface area contributed by atoms with Crippen LogP contribution < -0.4 is 5.32 Å². The molecule has 0 bridgehead atoms. The van der Waals surface area contributed by atoms with Crippen LogP contribution in [0.5, 0.6) is 0 Å². The third-order valence-corrected chi connectivity index (χ3v) is 2.87. The van der Waals surface area contributed by atoms with Crippen LogP contribution in [0.25, 0.3) is 0 Å². The summed E-state index contributed by atoms with van der Waals surface area (Å²) in [5.74, 6) is 0.753. The van der Waals surface area contributed by atoms with Crippen LogP contribution in [0.15, 0.2) is 0 Å². The molecule has 0 saturated heterocycles. The number of ether oxygens (including phenoxy) is 1. The Bertz CT molecular complexity index is 155. The second-order valence-corrected chi connectivity index (χ2v) is 5.15. The van der Waals surface area contributed by atoms with Crippen LogP contribution in [0, 0.1) is 5.92 Å². The molecule has 0 aromatic carbocycles. The Morgan fingerprint density at radius 1 is 1.27 bits per heavy atom. The van der Waals surface area contributed by atoms with Gasteiger partial charge in [-0.25, -0.2) is 0 Å². The van der Waals surface area contributed by atoms with E-state index in [4.69, 9.17) is 4.74 Å². The smallest absolute Gasteiger partial charge is 0.0699 e. The molecule has 0 radical (unpaired) electrons. The van der Waals surface area contributed by atoms with Crippen molar-refractivity contribution in [3.05, 3.63) is 0 Å². The van der Waals surface area contributed by atoms with Crippen LogP contribution in [0.2, 0.25) is 0 Å². The summed E-state index contributed by atoms with van der Waals surface area (Å²) in [5, 5.41) is 3.55. The van der Waals surface area contributed by atoms with Crippen molar-refractivity contribution >= 4 is 0 Å². The van der Waals surface area contributed by atoms with Gasteiger partial charge in [-0.2, -0.15) is 0 Å². The van der Waals surface area contributed by atoms with E-state index in [-0.39, 0.29) is 0 Å². The highest BCUT2D eigenvalue weighted by atomic mass is 16.5. The van der Waals surface area contributed by atoms with E-state index < -0.39 is 0 Å². The van der Waals surface area contributed by atoms with Crippen molar-refractivity contribution in [2.75, 3.05) is 13.2 Å². The monoisotopic (exact) mass is 213 g/mol. The fourth-order valence-corrected chi connectivity index (χ4v) is 1.62. The molecule has 0 spiro atoms. The number of rotatable bonds is 9. The van der Waals surface area contributed by atoms with Crippen LogP contribution in [0.4, 0.5) is 0 Å². The first-order valence-corrected chi connectivity index (χ1v) is 6.57. The highest BCUT2D eigenvalue weighted by molar-refractivity contribution is 4.82. The van der Waals surface area contributed by atoms with Gasteiger partial charge >= 0.3 is 0 Å². The zero-order valence-electron chi connectivity index (χ0n) is 10.6. The molecule has 0 aromatic rings. The van der Waals surface area contributed by atoms with E-state index in [0.717, 1.165) is 25.1 Å². The number of nitrogens with one attached hydrogen (secondary N) is 1. The van der Waals surface area contributed by atoms with E-state index in [9.17, 15) is 0 Å². The van der Waals surface area contributed by atoms with Crippen LogP contribution in [0.1, 0.15) is 52.9 Å². The topological polar surface area (TPSA) is 21.3 Å². The summed E-state index contributed by atoms with van der Waals surface area (Å²) in [6, 6.07) is 0.804. The summed E-state index contributed by atoms with van der Waals surface area (Å²) >= 11 is 0. The maximum Gasteiger partial charge on any atom is 0.0699 e. The quantitative estimate of drug-likeness (QED) is 0.636. The average molecular weight is 213 g/mol. The van der Waals surface area contributed by atoms with Gasteiger partial charge in [-0.3, -0.25) is 0 Å². The lowest BCUT2D eigenvalue weighted by Gasteiger charge is -2.18. The van der Waals surface area contributed by atoms with Crippen molar-refractivity contribution in [2.24, 2.45) is 5.92 Å². The van der Waals surface area contributed by atoms with E-state index >= 15 is 0 Å². The van der Waals surface area contributed by atoms with Gasteiger partial charge in [0.2, 0.25) is 0 Å². The lowest BCUT2D eigenvalue weighted by atomic mass is 10.1. The Hall–Kier alpha value is -0.0800. The van der Waals surface area contributed by atoms with Crippen molar-refractivity contribution in [2.45, 2.75) is 65.0 Å². The molecule has 2 nitrogen and oxygen atoms in total. The lowest BCUT2D eigenvalue weighted by molar-refractivity contribution is 0.0405. The van der Waals surface area contributed by atoms with Gasteiger partial charge < -0.3 is 10.1 Å². The first-order valence-electron chi connectivity index (χ1n) is 6.57. The molecule has 2 heteroatoms. The summed E-state index contributed by atoms with van der Waals surface area (Å²) in [6.07, 6.45) is 6.77. The number of hydrogen-bond acceptors (Lipinski definition) is 2. The predicted molar refractivity (Wildman–Crippen MR) is 65.1 cm³/mol. The third kappa shape index (κ3) is 6.91. The molecule has 15 heavy (non-hydrogen) atoms. The van der Waals surface area contributed by atoms with Crippen LogP contribution >= 0.6 is 0 Å². The highest BCUT2D eigenvalue weighted by Crippen LogP contribution is 2.19. The van der Waals surface area contributed by atoms with Crippen molar-refractivity contribution < 1.29 is 4.74 Å². The zero-order valence-corrected chi connectivity index (χ0v) is 10.6. The van der Waals surface area contributed by atoms with Crippen molar-refractivity contribution in [3.63, 3.8) is 0 Å². The lowest BCUT2D eigenvalue weighted by Crippen LogP contribution is -2.31. The third-order valence-electron chi connectivity index (χ3n) is 2.87. The molecular formula is C13H27NO. The number of hydrogen-bond donors (Lipinski definition) is 1. The average Bonchev–Trinajstić information content (AvgIpc) is 2.97. The standard InChI is InChI=1S/C13H27NO/c1-4-5-13(10-14-12-6-7-12)15-9-8-11(2)3/h11-14H,4-10H2,1-3H3. The van der Waals surface area contributed by atoms with Gasteiger partial charge in [-0.1, -0.05) is 27.2 Å². The Labute approximate surface area is 94.8 Å². The van der Waals surface area contributed by atoms with E-state index in [1.807, 2.05) is 0 Å². The van der Waals surface area contributed by atoms with Crippen molar-refractivity contribution in [3.8, 4) is 0 Å². The normalized spacial score (nSPS) is 18.4. The van der Waals surface area contributed by atoms with E-state index in [1.165, 1.54) is 32.1 Å². The summed E-state index contributed by atoms with van der Waals surface area (Å²) in [7, 11) is 0. The summed E-state index contributed by atoms with van der Waals surface area (Å²) in [5.41, 5.74) is 0. The molecule has 1 fully saturated rings. The second kappa shape index (κ2) is 7.24. The van der Waals surface area contributed by atoms with Gasteiger partial charge in [0.1, 0.15) is 0 Å². The maximum atomic E-state index is 5.91. The van der Waals surface area contributed by atoms with Gasteiger partial charge in [-0.05, 0) is 31.6 Å². The molecule has 1 atom stereocenters. The minimum atomic E-state index is 0.439. The Kier molecular flexibility index (Phi) is 6.26. The first-order chi connectivity index (χ1) is 7.22. The molecule has 1 aliphatic carbocycles. The molecule has 90 valence electrons. The van der Waals surface area contributed by atoms with Gasteiger partial charge in [0.05, 0.1) is 6.10 Å². The minimum Gasteiger partial charge on any atom is -0.377 e. The molecule has 0 amide bonds. The highest BCUT2D eigenvalue weighted by Gasteiger charge is 2.21. The molecule has 1 aliphatic rings. The van der Waals surface area contributed by atoms with E-state index in [2.05, 4.69) is 26.1 Å². The van der Waals surface area contributed by atoms with E-state index in [1.54, 1.807) is 0 Å². The molecule has 0 aliphatic heterocycles. The fourth-order valence-electron chi connectivity index (χ4n) is 1.62. The summed E-state index contributed by atoms with van der Waals surface area (Å²) < 4.78 is 5.91. The predicted octanol–water partition coefficient (Wildman–Crippen LogP) is 2.97. The molecule has 1 unspecified atom stereocenters. The van der Waals surface area contributed by atoms with Gasteiger partial charge in [-0.15, -0.1) is 0 Å². The van der Waals surface area contributed by atoms with Crippen LogP contribution in [-0.4, -0.2) is 25.3 Å². The van der Waals surface area contributed by atoms with Crippen molar-refractivity contribution in [1.82, 2.24) is 5.32 Å². The SMILES string of the molecule is CCCC(CNC1CC1)OCCC(C)C. The molecule has 1 rings (SSSR count). The Morgan fingerprint density at radius 3 is 2.53 bits per heavy atom. The maximum absolute atomic E-state index is 5.91. The molecular weight excluding hydrogens is 186 g/mol. The van der Waals surface area contributed by atoms with Crippen molar-refractivity contribution in [1.29, 1.82) is 0 Å².